The quantitative estimate of drug-likeness (QED) is 0.833. The number of aromatic nitrogens is 2. The van der Waals surface area contributed by atoms with Gasteiger partial charge < -0.3 is 14.7 Å². The Kier molecular flexibility index (Phi) is 5.60. The molecule has 0 radical (unpaired) electrons. The van der Waals surface area contributed by atoms with Gasteiger partial charge in [0.1, 0.15) is 5.69 Å². The van der Waals surface area contributed by atoms with Crippen molar-refractivity contribution in [3.05, 3.63) is 53.9 Å². The van der Waals surface area contributed by atoms with E-state index in [1.165, 1.54) is 0 Å². The van der Waals surface area contributed by atoms with Crippen LogP contribution in [0, 0.1) is 0 Å². The second-order valence-corrected chi connectivity index (χ2v) is 6.34. The number of carbonyl (C=O) groups excluding carboxylic acids is 1. The minimum absolute atomic E-state index is 0.0517. The van der Waals surface area contributed by atoms with Gasteiger partial charge in [0.05, 0.1) is 0 Å². The number of amides is 1. The van der Waals surface area contributed by atoms with Gasteiger partial charge in [-0.3, -0.25) is 4.79 Å². The van der Waals surface area contributed by atoms with Crippen LogP contribution in [0.2, 0.25) is 0 Å². The molecule has 0 saturated carbocycles. The van der Waals surface area contributed by atoms with Crippen molar-refractivity contribution in [1.82, 2.24) is 19.8 Å². The zero-order valence-electron chi connectivity index (χ0n) is 14.9. The molecular weight excluding hydrogens is 314 g/mol. The molecule has 0 spiro atoms. The maximum Gasteiger partial charge on any atom is 0.272 e. The Morgan fingerprint density at radius 1 is 1.12 bits per heavy atom. The highest BCUT2D eigenvalue weighted by Crippen LogP contribution is 2.13. The first-order chi connectivity index (χ1) is 12.2. The highest BCUT2D eigenvalue weighted by molar-refractivity contribution is 5.92. The van der Waals surface area contributed by atoms with E-state index in [1.807, 2.05) is 42.2 Å². The molecule has 1 aliphatic rings. The second-order valence-electron chi connectivity index (χ2n) is 6.34. The smallest absolute Gasteiger partial charge is 0.272 e. The molecule has 1 aliphatic heterocycles. The maximum atomic E-state index is 12.9. The van der Waals surface area contributed by atoms with E-state index in [1.54, 1.807) is 12.3 Å². The van der Waals surface area contributed by atoms with Crippen molar-refractivity contribution < 1.29 is 4.79 Å². The molecule has 0 atom stereocenters. The zero-order chi connectivity index (χ0) is 17.6. The summed E-state index contributed by atoms with van der Waals surface area (Å²) < 4.78 is 0. The molecule has 1 saturated heterocycles. The highest BCUT2D eigenvalue weighted by Gasteiger charge is 2.20. The predicted molar refractivity (Wildman–Crippen MR) is 98.6 cm³/mol. The van der Waals surface area contributed by atoms with Gasteiger partial charge in [0.15, 0.2) is 0 Å². The molecule has 1 amide bonds. The fourth-order valence-corrected chi connectivity index (χ4v) is 2.92. The first-order valence-electron chi connectivity index (χ1n) is 8.77. The van der Waals surface area contributed by atoms with E-state index in [9.17, 15) is 4.79 Å². The van der Waals surface area contributed by atoms with Crippen molar-refractivity contribution in [3.8, 4) is 0 Å². The van der Waals surface area contributed by atoms with Crippen LogP contribution in [0.25, 0.3) is 0 Å². The molecule has 132 valence electrons. The van der Waals surface area contributed by atoms with Gasteiger partial charge >= 0.3 is 0 Å². The van der Waals surface area contributed by atoms with E-state index in [0.717, 1.165) is 31.7 Å². The fraction of sp³-hybridized carbons (Fsp3) is 0.421. The SMILES string of the molecule is CCN(Cc1ccccc1)C(=O)c1ccnc(N2CCN(C)CC2)n1. The summed E-state index contributed by atoms with van der Waals surface area (Å²) in [5.41, 5.74) is 1.58. The number of hydrogen-bond donors (Lipinski definition) is 0. The van der Waals surface area contributed by atoms with Gasteiger partial charge in [0.2, 0.25) is 5.95 Å². The summed E-state index contributed by atoms with van der Waals surface area (Å²) in [4.78, 5) is 28.0. The number of rotatable bonds is 5. The minimum atomic E-state index is -0.0517. The lowest BCUT2D eigenvalue weighted by Crippen LogP contribution is -2.45. The maximum absolute atomic E-state index is 12.9. The third-order valence-electron chi connectivity index (χ3n) is 4.53. The highest BCUT2D eigenvalue weighted by atomic mass is 16.2. The Bertz CT molecular complexity index is 698. The van der Waals surface area contributed by atoms with Crippen LogP contribution in [0.4, 0.5) is 5.95 Å². The van der Waals surface area contributed by atoms with Crippen LogP contribution < -0.4 is 4.90 Å². The van der Waals surface area contributed by atoms with Gasteiger partial charge in [-0.15, -0.1) is 0 Å². The number of piperazine rings is 1. The molecule has 1 fully saturated rings. The lowest BCUT2D eigenvalue weighted by molar-refractivity contribution is 0.0746. The van der Waals surface area contributed by atoms with Crippen molar-refractivity contribution in [2.75, 3.05) is 44.7 Å². The van der Waals surface area contributed by atoms with Crippen LogP contribution in [-0.4, -0.2) is 65.4 Å². The van der Waals surface area contributed by atoms with E-state index >= 15 is 0 Å². The van der Waals surface area contributed by atoms with Crippen LogP contribution >= 0.6 is 0 Å². The fourth-order valence-electron chi connectivity index (χ4n) is 2.92. The van der Waals surface area contributed by atoms with Crippen LogP contribution in [-0.2, 0) is 6.54 Å². The van der Waals surface area contributed by atoms with E-state index in [-0.39, 0.29) is 5.91 Å². The minimum Gasteiger partial charge on any atom is -0.338 e. The van der Waals surface area contributed by atoms with Gasteiger partial charge in [-0.2, -0.15) is 0 Å². The Hall–Kier alpha value is -2.47. The first kappa shape index (κ1) is 17.4. The van der Waals surface area contributed by atoms with Crippen molar-refractivity contribution in [2.45, 2.75) is 13.5 Å². The normalized spacial score (nSPS) is 15.2. The molecule has 1 aromatic carbocycles. The summed E-state index contributed by atoms with van der Waals surface area (Å²) in [6.45, 7) is 6.95. The average Bonchev–Trinajstić information content (AvgIpc) is 2.67. The van der Waals surface area contributed by atoms with Gasteiger partial charge in [-0.1, -0.05) is 30.3 Å². The number of benzene rings is 1. The molecule has 2 heterocycles. The zero-order valence-corrected chi connectivity index (χ0v) is 14.9. The number of anilines is 1. The Labute approximate surface area is 149 Å². The Balaban J connectivity index is 1.73. The lowest BCUT2D eigenvalue weighted by Gasteiger charge is -2.32. The summed E-state index contributed by atoms with van der Waals surface area (Å²) in [5, 5.41) is 0. The van der Waals surface area contributed by atoms with Crippen molar-refractivity contribution in [1.29, 1.82) is 0 Å². The molecule has 0 N–H and O–H groups in total. The molecule has 0 unspecified atom stereocenters. The van der Waals surface area contributed by atoms with Gasteiger partial charge in [0, 0.05) is 45.5 Å². The summed E-state index contributed by atoms with van der Waals surface area (Å²) in [6, 6.07) is 11.7. The van der Waals surface area contributed by atoms with E-state index in [4.69, 9.17) is 0 Å². The van der Waals surface area contributed by atoms with Crippen LogP contribution in [0.5, 0.6) is 0 Å². The van der Waals surface area contributed by atoms with Crippen molar-refractivity contribution in [2.24, 2.45) is 0 Å². The van der Waals surface area contributed by atoms with E-state index in [0.29, 0.717) is 24.7 Å². The van der Waals surface area contributed by atoms with Crippen LogP contribution in [0.3, 0.4) is 0 Å². The van der Waals surface area contributed by atoms with Gasteiger partial charge in [0.25, 0.3) is 5.91 Å². The largest absolute Gasteiger partial charge is 0.338 e. The predicted octanol–water partition coefficient (Wildman–Crippen LogP) is 1.89. The van der Waals surface area contributed by atoms with Crippen LogP contribution in [0.1, 0.15) is 23.0 Å². The molecule has 0 aliphatic carbocycles. The molecule has 6 heteroatoms. The number of likely N-dealkylation sites (N-methyl/N-ethyl adjacent to an activating group) is 1. The summed E-state index contributed by atoms with van der Waals surface area (Å²) >= 11 is 0. The lowest BCUT2D eigenvalue weighted by atomic mass is 10.2. The number of hydrogen-bond acceptors (Lipinski definition) is 5. The van der Waals surface area contributed by atoms with E-state index < -0.39 is 0 Å². The van der Waals surface area contributed by atoms with Gasteiger partial charge in [-0.25, -0.2) is 9.97 Å². The summed E-state index contributed by atoms with van der Waals surface area (Å²) in [6.07, 6.45) is 1.68. The molecular formula is C19H25N5O. The summed E-state index contributed by atoms with van der Waals surface area (Å²) in [5.74, 6) is 0.596. The monoisotopic (exact) mass is 339 g/mol. The summed E-state index contributed by atoms with van der Waals surface area (Å²) in [7, 11) is 2.11. The molecule has 0 bridgehead atoms. The Morgan fingerprint density at radius 3 is 2.52 bits per heavy atom. The molecule has 1 aromatic heterocycles. The molecule has 2 aromatic rings. The molecule has 3 rings (SSSR count). The first-order valence-corrected chi connectivity index (χ1v) is 8.77. The van der Waals surface area contributed by atoms with Gasteiger partial charge in [-0.05, 0) is 25.6 Å². The van der Waals surface area contributed by atoms with Crippen LogP contribution in [0.15, 0.2) is 42.6 Å². The van der Waals surface area contributed by atoms with E-state index in [2.05, 4.69) is 26.8 Å². The van der Waals surface area contributed by atoms with Crippen molar-refractivity contribution >= 4 is 11.9 Å². The third kappa shape index (κ3) is 4.33. The average molecular weight is 339 g/mol. The topological polar surface area (TPSA) is 52.6 Å². The standard InChI is InChI=1S/C19H25N5O/c1-3-23(15-16-7-5-4-6-8-16)18(25)17-9-10-20-19(21-17)24-13-11-22(2)12-14-24/h4-10H,3,11-15H2,1-2H3. The Morgan fingerprint density at radius 2 is 1.84 bits per heavy atom. The second kappa shape index (κ2) is 8.07. The number of nitrogens with zero attached hydrogens (tertiary/aromatic N) is 5. The number of carbonyl (C=O) groups is 1. The molecule has 25 heavy (non-hydrogen) atoms. The third-order valence-corrected chi connectivity index (χ3v) is 4.53. The van der Waals surface area contributed by atoms with Crippen molar-refractivity contribution in [3.63, 3.8) is 0 Å². The molecule has 6 nitrogen and oxygen atoms in total.